The quantitative estimate of drug-likeness (QED) is 0.295. The fourth-order valence-corrected chi connectivity index (χ4v) is 4.76. The molecule has 1 unspecified atom stereocenters. The van der Waals surface area contributed by atoms with Gasteiger partial charge >= 0.3 is 12.1 Å². The normalized spacial score (nSPS) is 14.6. The van der Waals surface area contributed by atoms with Crippen LogP contribution in [0.15, 0.2) is 48.5 Å². The largest absolute Gasteiger partial charge is 0.492 e. The molecule has 1 N–H and O–H groups in total. The molecule has 0 aliphatic heterocycles. The topological polar surface area (TPSA) is 85.3 Å². The number of carboxylic acids is 1. The SMILES string of the molecule is CCOC(Cc1ccc(OCCN(CCCC2CCCCC2)C(=O)Oc2ccc(Cl)cc2)cc1)C(=O)O. The number of hydrogen-bond donors (Lipinski definition) is 1. The summed E-state index contributed by atoms with van der Waals surface area (Å²) in [5.74, 6) is 0.882. The van der Waals surface area contributed by atoms with E-state index in [1.54, 1.807) is 48.2 Å². The van der Waals surface area contributed by atoms with Gasteiger partial charge in [0.1, 0.15) is 18.1 Å². The second-order valence-electron chi connectivity index (χ2n) is 9.43. The van der Waals surface area contributed by atoms with Crippen molar-refractivity contribution in [2.45, 2.75) is 64.4 Å². The Labute approximate surface area is 224 Å². The minimum Gasteiger partial charge on any atom is -0.492 e. The highest BCUT2D eigenvalue weighted by molar-refractivity contribution is 6.30. The first-order valence-electron chi connectivity index (χ1n) is 13.2. The molecule has 1 aliphatic carbocycles. The summed E-state index contributed by atoms with van der Waals surface area (Å²) in [6, 6.07) is 14.0. The maximum absolute atomic E-state index is 12.9. The Bertz CT molecular complexity index is 959. The van der Waals surface area contributed by atoms with Crippen LogP contribution in [0.1, 0.15) is 57.4 Å². The zero-order valence-electron chi connectivity index (χ0n) is 21.6. The Morgan fingerprint density at radius 1 is 1.00 bits per heavy atom. The molecule has 37 heavy (non-hydrogen) atoms. The number of carboxylic acid groups (broad SMARTS) is 1. The minimum atomic E-state index is -0.976. The predicted octanol–water partition coefficient (Wildman–Crippen LogP) is 6.61. The van der Waals surface area contributed by atoms with E-state index >= 15 is 0 Å². The van der Waals surface area contributed by atoms with E-state index in [1.807, 2.05) is 12.1 Å². The van der Waals surface area contributed by atoms with Gasteiger partial charge in [0.05, 0.1) is 6.54 Å². The molecule has 1 fully saturated rings. The zero-order chi connectivity index (χ0) is 26.5. The van der Waals surface area contributed by atoms with Gasteiger partial charge in [-0.15, -0.1) is 0 Å². The lowest BCUT2D eigenvalue weighted by molar-refractivity contribution is -0.149. The highest BCUT2D eigenvalue weighted by atomic mass is 35.5. The standard InChI is InChI=1S/C29H38ClNO6/c1-2-35-27(28(32)33)21-23-10-14-25(15-11-23)36-20-19-31(18-6-9-22-7-4-3-5-8-22)29(34)37-26-16-12-24(30)13-17-26/h10-17,22,27H,2-9,18-21H2,1H3,(H,32,33). The van der Waals surface area contributed by atoms with Gasteiger partial charge in [-0.05, 0) is 67.6 Å². The Hall–Kier alpha value is -2.77. The monoisotopic (exact) mass is 531 g/mol. The Kier molecular flexibility index (Phi) is 12.0. The van der Waals surface area contributed by atoms with E-state index in [0.717, 1.165) is 24.3 Å². The number of rotatable bonds is 14. The van der Waals surface area contributed by atoms with Crippen molar-refractivity contribution < 1.29 is 28.9 Å². The fourth-order valence-electron chi connectivity index (χ4n) is 4.64. The van der Waals surface area contributed by atoms with Crippen LogP contribution in [0.5, 0.6) is 11.5 Å². The van der Waals surface area contributed by atoms with E-state index in [1.165, 1.54) is 32.1 Å². The molecule has 7 nitrogen and oxygen atoms in total. The van der Waals surface area contributed by atoms with Crippen LogP contribution in [-0.4, -0.2) is 54.5 Å². The Balaban J connectivity index is 1.52. The summed E-state index contributed by atoms with van der Waals surface area (Å²) >= 11 is 5.94. The molecule has 1 saturated carbocycles. The van der Waals surface area contributed by atoms with E-state index in [9.17, 15) is 14.7 Å². The van der Waals surface area contributed by atoms with Crippen LogP contribution in [0.4, 0.5) is 4.79 Å². The lowest BCUT2D eigenvalue weighted by Gasteiger charge is -2.25. The third-order valence-electron chi connectivity index (χ3n) is 6.66. The number of benzene rings is 2. The van der Waals surface area contributed by atoms with Crippen molar-refractivity contribution in [1.29, 1.82) is 0 Å². The molecule has 1 atom stereocenters. The fraction of sp³-hybridized carbons (Fsp3) is 0.517. The predicted molar refractivity (Wildman–Crippen MR) is 144 cm³/mol. The first kappa shape index (κ1) is 28.8. The number of nitrogens with zero attached hydrogens (tertiary/aromatic N) is 1. The maximum Gasteiger partial charge on any atom is 0.415 e. The second-order valence-corrected chi connectivity index (χ2v) is 9.87. The summed E-state index contributed by atoms with van der Waals surface area (Å²) in [5, 5.41) is 9.86. The first-order chi connectivity index (χ1) is 17.9. The van der Waals surface area contributed by atoms with Gasteiger partial charge in [-0.3, -0.25) is 0 Å². The molecule has 0 aromatic heterocycles. The molecule has 3 rings (SSSR count). The van der Waals surface area contributed by atoms with Crippen LogP contribution in [0, 0.1) is 5.92 Å². The summed E-state index contributed by atoms with van der Waals surface area (Å²) in [6.45, 7) is 3.44. The number of amides is 1. The van der Waals surface area contributed by atoms with Crippen molar-refractivity contribution in [2.75, 3.05) is 26.3 Å². The molecule has 0 radical (unpaired) electrons. The Morgan fingerprint density at radius 3 is 2.32 bits per heavy atom. The summed E-state index contributed by atoms with van der Waals surface area (Å²) in [4.78, 5) is 26.0. The second kappa shape index (κ2) is 15.5. The molecule has 1 amide bonds. The van der Waals surface area contributed by atoms with Crippen molar-refractivity contribution in [3.05, 3.63) is 59.1 Å². The zero-order valence-corrected chi connectivity index (χ0v) is 22.3. The molecule has 1 aliphatic rings. The van der Waals surface area contributed by atoms with Gasteiger partial charge in [-0.25, -0.2) is 9.59 Å². The van der Waals surface area contributed by atoms with Crippen molar-refractivity contribution in [3.63, 3.8) is 0 Å². The van der Waals surface area contributed by atoms with Crippen LogP contribution in [0.2, 0.25) is 5.02 Å². The number of carbonyl (C=O) groups is 2. The number of ether oxygens (including phenoxy) is 3. The minimum absolute atomic E-state index is 0.286. The smallest absolute Gasteiger partial charge is 0.415 e. The number of hydrogen-bond acceptors (Lipinski definition) is 5. The Morgan fingerprint density at radius 2 is 1.68 bits per heavy atom. The van der Waals surface area contributed by atoms with E-state index < -0.39 is 18.2 Å². The molecule has 0 saturated heterocycles. The van der Waals surface area contributed by atoms with E-state index in [-0.39, 0.29) is 6.42 Å². The van der Waals surface area contributed by atoms with Crippen LogP contribution >= 0.6 is 11.6 Å². The lowest BCUT2D eigenvalue weighted by Crippen LogP contribution is -2.37. The molecule has 2 aromatic rings. The number of aliphatic carboxylic acids is 1. The summed E-state index contributed by atoms with van der Waals surface area (Å²) in [5.41, 5.74) is 0.851. The first-order valence-corrected chi connectivity index (χ1v) is 13.6. The van der Waals surface area contributed by atoms with Crippen molar-refractivity contribution >= 4 is 23.7 Å². The van der Waals surface area contributed by atoms with Gasteiger partial charge in [0.15, 0.2) is 6.10 Å². The molecule has 0 bridgehead atoms. The molecule has 202 valence electrons. The molecular weight excluding hydrogens is 494 g/mol. The van der Waals surface area contributed by atoms with Crippen molar-refractivity contribution in [3.8, 4) is 11.5 Å². The average molecular weight is 532 g/mol. The highest BCUT2D eigenvalue weighted by Gasteiger charge is 2.19. The van der Waals surface area contributed by atoms with Gasteiger partial charge in [0.2, 0.25) is 0 Å². The molecular formula is C29H38ClNO6. The van der Waals surface area contributed by atoms with Gasteiger partial charge < -0.3 is 24.2 Å². The van der Waals surface area contributed by atoms with E-state index in [0.29, 0.717) is 42.8 Å². The van der Waals surface area contributed by atoms with Gasteiger partial charge in [0, 0.05) is 24.6 Å². The summed E-state index contributed by atoms with van der Waals surface area (Å²) in [7, 11) is 0. The third-order valence-corrected chi connectivity index (χ3v) is 6.91. The maximum atomic E-state index is 12.9. The highest BCUT2D eigenvalue weighted by Crippen LogP contribution is 2.27. The van der Waals surface area contributed by atoms with Gasteiger partial charge in [-0.2, -0.15) is 0 Å². The molecule has 0 heterocycles. The lowest BCUT2D eigenvalue weighted by atomic mass is 9.86. The van der Waals surface area contributed by atoms with E-state index in [4.69, 9.17) is 25.8 Å². The van der Waals surface area contributed by atoms with Crippen LogP contribution in [0.25, 0.3) is 0 Å². The van der Waals surface area contributed by atoms with Crippen LogP contribution in [0.3, 0.4) is 0 Å². The molecule has 2 aromatic carbocycles. The number of carbonyl (C=O) groups excluding carboxylic acids is 1. The summed E-state index contributed by atoms with van der Waals surface area (Å²) in [6.07, 6.45) is 7.58. The van der Waals surface area contributed by atoms with Crippen LogP contribution < -0.4 is 9.47 Å². The van der Waals surface area contributed by atoms with E-state index in [2.05, 4.69) is 0 Å². The third kappa shape index (κ3) is 10.3. The number of halogens is 1. The molecule has 0 spiro atoms. The van der Waals surface area contributed by atoms with Gasteiger partial charge in [0.25, 0.3) is 0 Å². The van der Waals surface area contributed by atoms with Crippen molar-refractivity contribution in [2.24, 2.45) is 5.92 Å². The average Bonchev–Trinajstić information content (AvgIpc) is 2.90. The van der Waals surface area contributed by atoms with Crippen molar-refractivity contribution in [1.82, 2.24) is 4.90 Å². The molecule has 8 heteroatoms. The van der Waals surface area contributed by atoms with Gasteiger partial charge in [-0.1, -0.05) is 55.8 Å². The van der Waals surface area contributed by atoms with Crippen LogP contribution in [-0.2, 0) is 16.0 Å². The summed E-state index contributed by atoms with van der Waals surface area (Å²) < 4.78 is 16.8.